The van der Waals surface area contributed by atoms with E-state index in [1.165, 1.54) is 16.5 Å². The molecular weight excluding hydrogens is 506 g/mol. The van der Waals surface area contributed by atoms with Crippen LogP contribution >= 0.6 is 0 Å². The Morgan fingerprint density at radius 3 is 2.48 bits per heavy atom. The molecule has 0 radical (unpaired) electrons. The van der Waals surface area contributed by atoms with Crippen LogP contribution in [0.5, 0.6) is 5.75 Å². The minimum Gasteiger partial charge on any atom is -0.497 e. The van der Waals surface area contributed by atoms with Crippen molar-refractivity contribution in [1.82, 2.24) is 20.3 Å². The maximum Gasteiger partial charge on any atom is 0.249 e. The second kappa shape index (κ2) is 12.1. The summed E-state index contributed by atoms with van der Waals surface area (Å²) in [5, 5.41) is 11.6. The van der Waals surface area contributed by atoms with Crippen molar-refractivity contribution in [1.29, 1.82) is 0 Å². The summed E-state index contributed by atoms with van der Waals surface area (Å²) in [4.78, 5) is 41.8. The number of carbonyl (C=O) groups excluding carboxylic acids is 3. The van der Waals surface area contributed by atoms with E-state index in [-0.39, 0.29) is 30.2 Å². The number of Topliss-reactive ketones (excluding diaryl/α,β-unsaturated/α-hetero) is 1. The molecule has 9 heteroatoms. The fourth-order valence-electron chi connectivity index (χ4n) is 5.29. The molecule has 3 aromatic carbocycles. The lowest BCUT2D eigenvalue weighted by Gasteiger charge is -2.33. The summed E-state index contributed by atoms with van der Waals surface area (Å²) >= 11 is 0. The Hall–Kier alpha value is -4.53. The highest BCUT2D eigenvalue weighted by Gasteiger charge is 2.35. The summed E-state index contributed by atoms with van der Waals surface area (Å²) in [6.45, 7) is 1.36. The molecule has 5 rings (SSSR count). The molecule has 1 unspecified atom stereocenters. The van der Waals surface area contributed by atoms with Gasteiger partial charge in [0.1, 0.15) is 23.9 Å². The van der Waals surface area contributed by atoms with E-state index in [4.69, 9.17) is 4.74 Å². The molecule has 1 aliphatic rings. The third kappa shape index (κ3) is 5.88. The molecule has 4 aromatic rings. The van der Waals surface area contributed by atoms with E-state index >= 15 is 0 Å². The largest absolute Gasteiger partial charge is 0.497 e. The number of methoxy groups -OCH3 is 1. The second-order valence-corrected chi connectivity index (χ2v) is 10.1. The third-order valence-corrected chi connectivity index (χ3v) is 7.39. The van der Waals surface area contributed by atoms with Gasteiger partial charge in [0.2, 0.25) is 11.8 Å². The number of nitrogens with one attached hydrogen (secondary N) is 1. The van der Waals surface area contributed by atoms with Crippen molar-refractivity contribution in [3.05, 3.63) is 83.9 Å². The molecule has 40 heavy (non-hydrogen) atoms. The zero-order chi connectivity index (χ0) is 28.1. The molecular formula is C31H33N5O4. The first kappa shape index (κ1) is 27.1. The molecule has 0 saturated heterocycles. The van der Waals surface area contributed by atoms with Crippen LogP contribution in [0.4, 0.5) is 5.69 Å². The number of hydrogen-bond donors (Lipinski definition) is 1. The lowest BCUT2D eigenvalue weighted by Crippen LogP contribution is -2.48. The Balaban J connectivity index is 1.58. The van der Waals surface area contributed by atoms with Crippen LogP contribution in [0.2, 0.25) is 0 Å². The summed E-state index contributed by atoms with van der Waals surface area (Å²) in [5.74, 6) is -0.127. The van der Waals surface area contributed by atoms with Gasteiger partial charge in [0.15, 0.2) is 5.78 Å². The normalized spacial score (nSPS) is 14.4. The molecule has 2 amide bonds. The number of rotatable bonds is 9. The Bertz CT molecular complexity index is 1510. The van der Waals surface area contributed by atoms with E-state index in [2.05, 4.69) is 15.6 Å². The standard InChI is InChI=1S/C31H33N5O4/c1-21(37)22-15-17-25(18-16-22)36(29(38)20-35-28-14-7-6-13-27(28)33-34-35)30(23-9-8-12-26(19-23)40-2)31(39)32-24-10-4-3-5-11-24/h6-9,12-19,24,30H,3-5,10-11,20H2,1-2H3,(H,32,39). The third-order valence-electron chi connectivity index (χ3n) is 7.39. The topological polar surface area (TPSA) is 106 Å². The van der Waals surface area contributed by atoms with Gasteiger partial charge >= 0.3 is 0 Å². The molecule has 1 atom stereocenters. The molecule has 1 aromatic heterocycles. The number of hydrogen-bond acceptors (Lipinski definition) is 6. The molecule has 1 N–H and O–H groups in total. The zero-order valence-electron chi connectivity index (χ0n) is 22.7. The molecule has 1 aliphatic carbocycles. The average molecular weight is 540 g/mol. The van der Waals surface area contributed by atoms with Gasteiger partial charge in [-0.1, -0.05) is 48.7 Å². The molecule has 0 aliphatic heterocycles. The first-order chi connectivity index (χ1) is 19.4. The molecule has 0 bridgehead atoms. The fourth-order valence-corrected chi connectivity index (χ4v) is 5.29. The minimum absolute atomic E-state index is 0.0469. The van der Waals surface area contributed by atoms with Crippen molar-refractivity contribution in [3.8, 4) is 5.75 Å². The van der Waals surface area contributed by atoms with E-state index in [0.717, 1.165) is 32.1 Å². The maximum atomic E-state index is 14.2. The van der Waals surface area contributed by atoms with Gasteiger partial charge in [0, 0.05) is 17.3 Å². The van der Waals surface area contributed by atoms with Crippen molar-refractivity contribution in [3.63, 3.8) is 0 Å². The summed E-state index contributed by atoms with van der Waals surface area (Å²) < 4.78 is 7.00. The van der Waals surface area contributed by atoms with Gasteiger partial charge in [-0.2, -0.15) is 0 Å². The number of benzene rings is 3. The number of nitrogens with zero attached hydrogens (tertiary/aromatic N) is 4. The van der Waals surface area contributed by atoms with Crippen LogP contribution in [0, 0.1) is 0 Å². The number of carbonyl (C=O) groups is 3. The SMILES string of the molecule is COc1cccc(C(C(=O)NC2CCCCC2)N(C(=O)Cn2nnc3ccccc32)c2ccc(C(C)=O)cc2)c1. The lowest BCUT2D eigenvalue weighted by atomic mass is 9.94. The predicted octanol–water partition coefficient (Wildman–Crippen LogP) is 4.87. The molecule has 1 heterocycles. The van der Waals surface area contributed by atoms with Crippen LogP contribution in [-0.4, -0.2) is 45.7 Å². The van der Waals surface area contributed by atoms with Gasteiger partial charge in [-0.3, -0.25) is 19.3 Å². The van der Waals surface area contributed by atoms with Gasteiger partial charge in [-0.05, 0) is 73.9 Å². The van der Waals surface area contributed by atoms with Gasteiger partial charge in [0.25, 0.3) is 0 Å². The number of ether oxygens (including phenoxy) is 1. The van der Waals surface area contributed by atoms with E-state index in [1.54, 1.807) is 43.5 Å². The fraction of sp³-hybridized carbons (Fsp3) is 0.323. The number of aromatic nitrogens is 3. The van der Waals surface area contributed by atoms with E-state index in [9.17, 15) is 14.4 Å². The Morgan fingerprint density at radius 2 is 1.75 bits per heavy atom. The molecule has 1 fully saturated rings. The Morgan fingerprint density at radius 1 is 1.00 bits per heavy atom. The van der Waals surface area contributed by atoms with Crippen LogP contribution in [0.1, 0.15) is 61.0 Å². The molecule has 9 nitrogen and oxygen atoms in total. The number of amides is 2. The van der Waals surface area contributed by atoms with Crippen molar-refractivity contribution < 1.29 is 19.1 Å². The number of anilines is 1. The van der Waals surface area contributed by atoms with Crippen LogP contribution in [-0.2, 0) is 16.1 Å². The molecule has 0 spiro atoms. The lowest BCUT2D eigenvalue weighted by molar-refractivity contribution is -0.127. The van der Waals surface area contributed by atoms with Gasteiger partial charge in [-0.25, -0.2) is 4.68 Å². The van der Waals surface area contributed by atoms with Gasteiger partial charge < -0.3 is 10.1 Å². The van der Waals surface area contributed by atoms with Crippen molar-refractivity contribution in [2.75, 3.05) is 12.0 Å². The van der Waals surface area contributed by atoms with Crippen molar-refractivity contribution in [2.45, 2.75) is 57.7 Å². The highest BCUT2D eigenvalue weighted by atomic mass is 16.5. The minimum atomic E-state index is -0.984. The Labute approximate surface area is 233 Å². The van der Waals surface area contributed by atoms with Crippen LogP contribution < -0.4 is 15.0 Å². The zero-order valence-corrected chi connectivity index (χ0v) is 22.7. The number of para-hydroxylation sites is 1. The van der Waals surface area contributed by atoms with E-state index in [1.807, 2.05) is 36.4 Å². The summed E-state index contributed by atoms with van der Waals surface area (Å²) in [5.41, 5.74) is 3.01. The van der Waals surface area contributed by atoms with Gasteiger partial charge in [0.05, 0.1) is 12.6 Å². The van der Waals surface area contributed by atoms with Gasteiger partial charge in [-0.15, -0.1) is 5.10 Å². The van der Waals surface area contributed by atoms with Crippen LogP contribution in [0.3, 0.4) is 0 Å². The maximum absolute atomic E-state index is 14.2. The monoisotopic (exact) mass is 539 g/mol. The average Bonchev–Trinajstić information content (AvgIpc) is 3.38. The highest BCUT2D eigenvalue weighted by Crippen LogP contribution is 2.32. The van der Waals surface area contributed by atoms with Crippen molar-refractivity contribution >= 4 is 34.3 Å². The summed E-state index contributed by atoms with van der Waals surface area (Å²) in [6, 6.07) is 20.4. The van der Waals surface area contributed by atoms with Crippen molar-refractivity contribution in [2.24, 2.45) is 0 Å². The summed E-state index contributed by atoms with van der Waals surface area (Å²) in [7, 11) is 1.56. The van der Waals surface area contributed by atoms with Crippen LogP contribution in [0.25, 0.3) is 11.0 Å². The highest BCUT2D eigenvalue weighted by molar-refractivity contribution is 6.02. The smallest absolute Gasteiger partial charge is 0.249 e. The first-order valence-corrected chi connectivity index (χ1v) is 13.6. The Kier molecular flexibility index (Phi) is 8.19. The van der Waals surface area contributed by atoms with E-state index in [0.29, 0.717) is 33.6 Å². The van der Waals surface area contributed by atoms with Crippen LogP contribution in [0.15, 0.2) is 72.8 Å². The summed E-state index contributed by atoms with van der Waals surface area (Å²) in [6.07, 6.45) is 5.09. The number of fused-ring (bicyclic) bond motifs is 1. The number of ketones is 1. The molecule has 1 saturated carbocycles. The quantitative estimate of drug-likeness (QED) is 0.304. The molecule has 206 valence electrons. The second-order valence-electron chi connectivity index (χ2n) is 10.1. The van der Waals surface area contributed by atoms with E-state index < -0.39 is 6.04 Å². The predicted molar refractivity (Wildman–Crippen MR) is 152 cm³/mol. The first-order valence-electron chi connectivity index (χ1n) is 13.6.